The standard InChI is InChI=1S/C22H23N3/c1-16-6-5-8-18(14-16)21-15-25(2)22(24-21)13-12-19-11-10-17-7-3-4-9-20(17)23-19/h3-5,7-11,14-16H,6,12-13H2,1-2H3. The zero-order valence-corrected chi connectivity index (χ0v) is 14.8. The maximum absolute atomic E-state index is 4.86. The summed E-state index contributed by atoms with van der Waals surface area (Å²) < 4.78 is 2.14. The molecular formula is C22H23N3. The summed E-state index contributed by atoms with van der Waals surface area (Å²) in [5.41, 5.74) is 4.50. The lowest BCUT2D eigenvalue weighted by atomic mass is 9.97. The molecule has 3 nitrogen and oxygen atoms in total. The maximum Gasteiger partial charge on any atom is 0.109 e. The molecule has 0 aliphatic heterocycles. The molecule has 25 heavy (non-hydrogen) atoms. The van der Waals surface area contributed by atoms with Gasteiger partial charge in [-0.05, 0) is 36.5 Å². The van der Waals surface area contributed by atoms with E-state index < -0.39 is 0 Å². The molecule has 1 aromatic carbocycles. The van der Waals surface area contributed by atoms with Gasteiger partial charge >= 0.3 is 0 Å². The quantitative estimate of drug-likeness (QED) is 0.692. The van der Waals surface area contributed by atoms with Crippen LogP contribution in [-0.4, -0.2) is 14.5 Å². The molecule has 0 saturated carbocycles. The Kier molecular flexibility index (Phi) is 4.22. The minimum atomic E-state index is 0.590. The highest BCUT2D eigenvalue weighted by atomic mass is 15.0. The first-order valence-corrected chi connectivity index (χ1v) is 8.95. The van der Waals surface area contributed by atoms with E-state index in [4.69, 9.17) is 9.97 Å². The summed E-state index contributed by atoms with van der Waals surface area (Å²) in [7, 11) is 2.08. The Bertz CT molecular complexity index is 962. The molecule has 0 amide bonds. The van der Waals surface area contributed by atoms with Crippen molar-refractivity contribution < 1.29 is 0 Å². The Balaban J connectivity index is 1.51. The molecule has 0 fully saturated rings. The Morgan fingerprint density at radius 1 is 1.08 bits per heavy atom. The molecule has 4 rings (SSSR count). The van der Waals surface area contributed by atoms with Crippen LogP contribution in [0.25, 0.3) is 16.5 Å². The molecule has 0 N–H and O–H groups in total. The van der Waals surface area contributed by atoms with E-state index in [0.717, 1.165) is 42.0 Å². The first kappa shape index (κ1) is 15.8. The van der Waals surface area contributed by atoms with E-state index in [1.807, 2.05) is 12.1 Å². The fraction of sp³-hybridized carbons (Fsp3) is 0.273. The van der Waals surface area contributed by atoms with E-state index >= 15 is 0 Å². The van der Waals surface area contributed by atoms with Crippen LogP contribution in [0.15, 0.2) is 60.8 Å². The molecule has 1 aliphatic rings. The molecule has 1 unspecified atom stereocenters. The number of hydrogen-bond donors (Lipinski definition) is 0. The van der Waals surface area contributed by atoms with Crippen molar-refractivity contribution >= 4 is 16.5 Å². The van der Waals surface area contributed by atoms with Gasteiger partial charge < -0.3 is 4.57 Å². The normalized spacial score (nSPS) is 17.0. The predicted molar refractivity (Wildman–Crippen MR) is 103 cm³/mol. The Morgan fingerprint density at radius 3 is 2.84 bits per heavy atom. The fourth-order valence-electron chi connectivity index (χ4n) is 3.37. The third-order valence-electron chi connectivity index (χ3n) is 4.80. The summed E-state index contributed by atoms with van der Waals surface area (Å²) in [5.74, 6) is 1.70. The first-order valence-electron chi connectivity index (χ1n) is 8.95. The summed E-state index contributed by atoms with van der Waals surface area (Å²) >= 11 is 0. The van der Waals surface area contributed by atoms with Gasteiger partial charge in [0.1, 0.15) is 5.82 Å². The number of nitrogens with zero attached hydrogens (tertiary/aromatic N) is 3. The fourth-order valence-corrected chi connectivity index (χ4v) is 3.37. The van der Waals surface area contributed by atoms with Crippen LogP contribution >= 0.6 is 0 Å². The van der Waals surface area contributed by atoms with Crippen LogP contribution in [0.2, 0.25) is 0 Å². The van der Waals surface area contributed by atoms with Crippen LogP contribution in [0.5, 0.6) is 0 Å². The minimum absolute atomic E-state index is 0.590. The topological polar surface area (TPSA) is 30.7 Å². The lowest BCUT2D eigenvalue weighted by molar-refractivity contribution is 0.739. The van der Waals surface area contributed by atoms with E-state index in [-0.39, 0.29) is 0 Å². The molecule has 2 heterocycles. The number of fused-ring (bicyclic) bond motifs is 1. The zero-order chi connectivity index (χ0) is 17.2. The molecule has 0 saturated heterocycles. The van der Waals surface area contributed by atoms with Gasteiger partial charge in [0.25, 0.3) is 0 Å². The molecule has 3 aromatic rings. The second-order valence-corrected chi connectivity index (χ2v) is 6.89. The number of imidazole rings is 1. The number of para-hydroxylation sites is 1. The van der Waals surface area contributed by atoms with Crippen molar-refractivity contribution in [1.82, 2.24) is 14.5 Å². The molecule has 126 valence electrons. The lowest BCUT2D eigenvalue weighted by Crippen LogP contribution is -2.01. The molecule has 1 atom stereocenters. The highest BCUT2D eigenvalue weighted by molar-refractivity contribution is 5.78. The lowest BCUT2D eigenvalue weighted by Gasteiger charge is -2.10. The number of aromatic nitrogens is 3. The van der Waals surface area contributed by atoms with E-state index in [0.29, 0.717) is 5.92 Å². The van der Waals surface area contributed by atoms with Gasteiger partial charge in [-0.15, -0.1) is 0 Å². The number of benzene rings is 1. The third-order valence-corrected chi connectivity index (χ3v) is 4.80. The smallest absolute Gasteiger partial charge is 0.109 e. The van der Waals surface area contributed by atoms with Gasteiger partial charge in [-0.2, -0.15) is 0 Å². The summed E-state index contributed by atoms with van der Waals surface area (Å²) in [4.78, 5) is 9.63. The van der Waals surface area contributed by atoms with Crippen LogP contribution in [0.3, 0.4) is 0 Å². The van der Waals surface area contributed by atoms with E-state index in [1.165, 1.54) is 11.0 Å². The Hall–Kier alpha value is -2.68. The van der Waals surface area contributed by atoms with Crippen molar-refractivity contribution in [2.24, 2.45) is 13.0 Å². The van der Waals surface area contributed by atoms with Gasteiger partial charge in [-0.3, -0.25) is 4.98 Å². The van der Waals surface area contributed by atoms with Gasteiger partial charge in [-0.1, -0.05) is 49.4 Å². The highest BCUT2D eigenvalue weighted by Crippen LogP contribution is 2.24. The van der Waals surface area contributed by atoms with Crippen molar-refractivity contribution in [3.8, 4) is 0 Å². The van der Waals surface area contributed by atoms with Crippen LogP contribution in [0, 0.1) is 5.92 Å². The van der Waals surface area contributed by atoms with Gasteiger partial charge in [0.2, 0.25) is 0 Å². The summed E-state index contributed by atoms with van der Waals surface area (Å²) in [6, 6.07) is 12.5. The van der Waals surface area contributed by atoms with E-state index in [1.54, 1.807) is 0 Å². The summed E-state index contributed by atoms with van der Waals surface area (Å²) in [6.07, 6.45) is 11.8. The van der Waals surface area contributed by atoms with Gasteiger partial charge in [0.05, 0.1) is 11.2 Å². The van der Waals surface area contributed by atoms with Crippen LogP contribution in [0.1, 0.15) is 30.6 Å². The molecule has 2 aromatic heterocycles. The van der Waals surface area contributed by atoms with E-state index in [2.05, 4.69) is 67.2 Å². The molecule has 0 bridgehead atoms. The van der Waals surface area contributed by atoms with Crippen molar-refractivity contribution in [3.05, 3.63) is 78.0 Å². The number of aryl methyl sites for hydroxylation is 3. The Morgan fingerprint density at radius 2 is 1.96 bits per heavy atom. The van der Waals surface area contributed by atoms with Gasteiger partial charge in [-0.25, -0.2) is 4.98 Å². The monoisotopic (exact) mass is 329 g/mol. The summed E-state index contributed by atoms with van der Waals surface area (Å²) in [6.45, 7) is 2.25. The highest BCUT2D eigenvalue weighted by Gasteiger charge is 2.12. The van der Waals surface area contributed by atoms with Crippen molar-refractivity contribution in [1.29, 1.82) is 0 Å². The van der Waals surface area contributed by atoms with Gasteiger partial charge in [0.15, 0.2) is 0 Å². The van der Waals surface area contributed by atoms with Crippen molar-refractivity contribution in [2.75, 3.05) is 0 Å². The number of pyridine rings is 1. The zero-order valence-electron chi connectivity index (χ0n) is 14.8. The average Bonchev–Trinajstić information content (AvgIpc) is 3.01. The molecule has 0 spiro atoms. The van der Waals surface area contributed by atoms with Crippen molar-refractivity contribution in [2.45, 2.75) is 26.2 Å². The molecule has 1 aliphatic carbocycles. The largest absolute Gasteiger partial charge is 0.337 e. The molecule has 3 heteroatoms. The number of hydrogen-bond acceptors (Lipinski definition) is 2. The minimum Gasteiger partial charge on any atom is -0.337 e. The third kappa shape index (κ3) is 3.41. The van der Waals surface area contributed by atoms with E-state index in [9.17, 15) is 0 Å². The summed E-state index contributed by atoms with van der Waals surface area (Å²) in [5, 5.41) is 1.19. The van der Waals surface area contributed by atoms with Crippen molar-refractivity contribution in [3.63, 3.8) is 0 Å². The second kappa shape index (κ2) is 6.67. The first-order chi connectivity index (χ1) is 12.2. The van der Waals surface area contributed by atoms with Crippen LogP contribution in [-0.2, 0) is 19.9 Å². The van der Waals surface area contributed by atoms with Crippen LogP contribution in [0.4, 0.5) is 0 Å². The average molecular weight is 329 g/mol. The predicted octanol–water partition coefficient (Wildman–Crippen LogP) is 4.73. The SMILES string of the molecule is CC1C=C(c2cn(C)c(CCc3ccc4ccccc4n3)n2)C=CC1. The molecular weight excluding hydrogens is 306 g/mol. The van der Waals surface area contributed by atoms with Gasteiger partial charge in [0, 0.05) is 30.7 Å². The molecule has 0 radical (unpaired) electrons. The van der Waals surface area contributed by atoms with Crippen LogP contribution < -0.4 is 0 Å². The Labute approximate surface area is 148 Å². The number of allylic oxidation sites excluding steroid dienone is 4. The maximum atomic E-state index is 4.86. The second-order valence-electron chi connectivity index (χ2n) is 6.89. The number of rotatable bonds is 4.